The van der Waals surface area contributed by atoms with Crippen molar-refractivity contribution < 1.29 is 13.2 Å². The summed E-state index contributed by atoms with van der Waals surface area (Å²) in [6.07, 6.45) is 0. The Morgan fingerprint density at radius 1 is 1.38 bits per heavy atom. The third-order valence-corrected chi connectivity index (χ3v) is 2.07. The molecule has 0 aliphatic rings. The van der Waals surface area contributed by atoms with Gasteiger partial charge in [0.25, 0.3) is 5.66 Å². The third kappa shape index (κ3) is 1.94. The Kier molecular flexibility index (Phi) is 2.53. The lowest BCUT2D eigenvalue weighted by Gasteiger charge is -2.13. The van der Waals surface area contributed by atoms with Crippen LogP contribution in [0.1, 0.15) is 11.1 Å². The SMILES string of the molecule is Cc1ccc(C(F)(F)P)c(F)c1N. The summed E-state index contributed by atoms with van der Waals surface area (Å²) in [5, 5.41) is 0. The van der Waals surface area contributed by atoms with Crippen molar-refractivity contribution in [2.24, 2.45) is 0 Å². The molecule has 0 heterocycles. The molecule has 0 saturated heterocycles. The lowest BCUT2D eigenvalue weighted by Crippen LogP contribution is -2.08. The first-order valence-electron chi connectivity index (χ1n) is 3.55. The van der Waals surface area contributed by atoms with E-state index in [-0.39, 0.29) is 5.69 Å². The molecule has 0 bridgehead atoms. The summed E-state index contributed by atoms with van der Waals surface area (Å²) >= 11 is 0. The average molecular weight is 207 g/mol. The molecule has 1 unspecified atom stereocenters. The minimum Gasteiger partial charge on any atom is -0.396 e. The minimum atomic E-state index is -3.27. The van der Waals surface area contributed by atoms with Crippen LogP contribution in [0.2, 0.25) is 0 Å². The molecule has 0 saturated carbocycles. The first-order valence-corrected chi connectivity index (χ1v) is 4.13. The van der Waals surface area contributed by atoms with Crippen LogP contribution in [0.15, 0.2) is 12.1 Å². The summed E-state index contributed by atoms with van der Waals surface area (Å²) in [5.41, 5.74) is 1.53. The Morgan fingerprint density at radius 3 is 2.38 bits per heavy atom. The Labute approximate surface area is 76.3 Å². The van der Waals surface area contributed by atoms with Gasteiger partial charge in [0.15, 0.2) is 5.82 Å². The first kappa shape index (κ1) is 10.3. The van der Waals surface area contributed by atoms with Crippen molar-refractivity contribution in [1.29, 1.82) is 0 Å². The van der Waals surface area contributed by atoms with Gasteiger partial charge in [0.1, 0.15) is 0 Å². The van der Waals surface area contributed by atoms with Crippen molar-refractivity contribution in [3.63, 3.8) is 0 Å². The molecular formula is C8H9F3NP. The molecule has 0 fully saturated rings. The van der Waals surface area contributed by atoms with Gasteiger partial charge in [-0.25, -0.2) is 4.39 Å². The molecule has 0 aliphatic carbocycles. The summed E-state index contributed by atoms with van der Waals surface area (Å²) in [7, 11) is 1.27. The topological polar surface area (TPSA) is 26.0 Å². The summed E-state index contributed by atoms with van der Waals surface area (Å²) in [6.45, 7) is 1.56. The second-order valence-corrected chi connectivity index (χ2v) is 3.51. The largest absolute Gasteiger partial charge is 0.396 e. The van der Waals surface area contributed by atoms with E-state index in [1.165, 1.54) is 15.3 Å². The number of nitrogens with two attached hydrogens (primary N) is 1. The Morgan fingerprint density at radius 2 is 1.92 bits per heavy atom. The number of hydrogen-bond donors (Lipinski definition) is 1. The standard InChI is InChI=1S/C8H9F3NP/c1-4-2-3-5(8(10,11)13)6(9)7(4)12/h2-3H,12-13H2,1H3. The predicted molar refractivity (Wildman–Crippen MR) is 49.2 cm³/mol. The van der Waals surface area contributed by atoms with Crippen LogP contribution in [-0.4, -0.2) is 0 Å². The van der Waals surface area contributed by atoms with Crippen molar-refractivity contribution in [3.05, 3.63) is 29.1 Å². The molecule has 5 heteroatoms. The Balaban J connectivity index is 3.35. The first-order chi connectivity index (χ1) is 5.84. The van der Waals surface area contributed by atoms with Gasteiger partial charge < -0.3 is 5.73 Å². The number of alkyl halides is 2. The van der Waals surface area contributed by atoms with E-state index >= 15 is 0 Å². The third-order valence-electron chi connectivity index (χ3n) is 1.76. The molecule has 0 spiro atoms. The minimum absolute atomic E-state index is 0.223. The molecule has 1 nitrogen and oxygen atoms in total. The molecule has 1 atom stereocenters. The Bertz CT molecular complexity index is 333. The summed E-state index contributed by atoms with van der Waals surface area (Å²) in [6, 6.07) is 2.40. The summed E-state index contributed by atoms with van der Waals surface area (Å²) in [4.78, 5) is 0. The highest BCUT2D eigenvalue weighted by Gasteiger charge is 2.29. The zero-order valence-corrected chi connectivity index (χ0v) is 8.10. The van der Waals surface area contributed by atoms with Crippen LogP contribution >= 0.6 is 9.24 Å². The van der Waals surface area contributed by atoms with E-state index in [0.717, 1.165) is 6.07 Å². The van der Waals surface area contributed by atoms with Gasteiger partial charge >= 0.3 is 0 Å². The van der Waals surface area contributed by atoms with Crippen LogP contribution < -0.4 is 5.73 Å². The summed E-state index contributed by atoms with van der Waals surface area (Å²) < 4.78 is 38.5. The predicted octanol–water partition coefficient (Wildman–Crippen LogP) is 2.64. The van der Waals surface area contributed by atoms with Crippen LogP contribution in [0.3, 0.4) is 0 Å². The molecule has 0 radical (unpaired) electrons. The van der Waals surface area contributed by atoms with Crippen LogP contribution in [0.4, 0.5) is 18.9 Å². The number of aryl methyl sites for hydroxylation is 1. The van der Waals surface area contributed by atoms with Gasteiger partial charge in [-0.15, -0.1) is 0 Å². The van der Waals surface area contributed by atoms with E-state index < -0.39 is 17.0 Å². The number of halogens is 3. The van der Waals surface area contributed by atoms with Gasteiger partial charge in [0.05, 0.1) is 11.3 Å². The molecule has 72 valence electrons. The van der Waals surface area contributed by atoms with Crippen molar-refractivity contribution in [1.82, 2.24) is 0 Å². The second kappa shape index (κ2) is 3.18. The van der Waals surface area contributed by atoms with Crippen LogP contribution in [0.25, 0.3) is 0 Å². The maximum atomic E-state index is 13.1. The smallest absolute Gasteiger partial charge is 0.286 e. The maximum Gasteiger partial charge on any atom is 0.286 e. The zero-order valence-electron chi connectivity index (χ0n) is 6.94. The van der Waals surface area contributed by atoms with E-state index in [2.05, 4.69) is 0 Å². The molecule has 13 heavy (non-hydrogen) atoms. The maximum absolute atomic E-state index is 13.1. The lowest BCUT2D eigenvalue weighted by molar-refractivity contribution is 0.0994. The monoisotopic (exact) mass is 207 g/mol. The molecule has 1 aromatic rings. The molecule has 1 rings (SSSR count). The van der Waals surface area contributed by atoms with Crippen molar-refractivity contribution in [3.8, 4) is 0 Å². The van der Waals surface area contributed by atoms with E-state index in [1.807, 2.05) is 0 Å². The highest BCUT2D eigenvalue weighted by atomic mass is 31.0. The van der Waals surface area contributed by atoms with Crippen molar-refractivity contribution in [2.45, 2.75) is 12.6 Å². The normalized spacial score (nSPS) is 11.8. The van der Waals surface area contributed by atoms with Crippen molar-refractivity contribution >= 4 is 14.9 Å². The van der Waals surface area contributed by atoms with E-state index in [9.17, 15) is 13.2 Å². The lowest BCUT2D eigenvalue weighted by atomic mass is 10.1. The fourth-order valence-electron chi connectivity index (χ4n) is 0.947. The van der Waals surface area contributed by atoms with E-state index in [0.29, 0.717) is 5.56 Å². The molecule has 0 amide bonds. The number of nitrogen functional groups attached to an aromatic ring is 1. The fourth-order valence-corrected chi connectivity index (χ4v) is 1.17. The summed E-state index contributed by atoms with van der Waals surface area (Å²) in [5.74, 6) is -1.04. The van der Waals surface area contributed by atoms with Gasteiger partial charge in [0.2, 0.25) is 0 Å². The molecule has 2 N–H and O–H groups in total. The van der Waals surface area contributed by atoms with Gasteiger partial charge in [0, 0.05) is 0 Å². The van der Waals surface area contributed by atoms with Crippen LogP contribution in [0.5, 0.6) is 0 Å². The van der Waals surface area contributed by atoms with Gasteiger partial charge in [-0.05, 0) is 18.6 Å². The number of hydrogen-bond acceptors (Lipinski definition) is 1. The average Bonchev–Trinajstić information content (AvgIpc) is 1.98. The van der Waals surface area contributed by atoms with Gasteiger partial charge in [-0.3, -0.25) is 0 Å². The zero-order chi connectivity index (χ0) is 10.2. The molecular weight excluding hydrogens is 198 g/mol. The molecule has 0 aliphatic heterocycles. The highest BCUT2D eigenvalue weighted by Crippen LogP contribution is 2.38. The quantitative estimate of drug-likeness (QED) is 0.556. The second-order valence-electron chi connectivity index (χ2n) is 2.78. The van der Waals surface area contributed by atoms with Gasteiger partial charge in [-0.1, -0.05) is 15.3 Å². The van der Waals surface area contributed by atoms with Crippen LogP contribution in [-0.2, 0) is 5.66 Å². The van der Waals surface area contributed by atoms with E-state index in [1.54, 1.807) is 6.92 Å². The van der Waals surface area contributed by atoms with Crippen LogP contribution in [0, 0.1) is 12.7 Å². The number of anilines is 1. The number of benzene rings is 1. The molecule has 1 aromatic carbocycles. The number of rotatable bonds is 1. The Hall–Kier alpha value is -0.760. The highest BCUT2D eigenvalue weighted by molar-refractivity contribution is 7.17. The fraction of sp³-hybridized carbons (Fsp3) is 0.250. The van der Waals surface area contributed by atoms with Gasteiger partial charge in [-0.2, -0.15) is 8.78 Å². The van der Waals surface area contributed by atoms with Crippen molar-refractivity contribution in [2.75, 3.05) is 5.73 Å². The molecule has 0 aromatic heterocycles. The van der Waals surface area contributed by atoms with E-state index in [4.69, 9.17) is 5.73 Å².